The molecule has 84 valence electrons. The fraction of sp³-hybridized carbons (Fsp3) is 0.286. The van der Waals surface area contributed by atoms with Gasteiger partial charge in [-0.1, -0.05) is 18.2 Å². The molecular weight excluding hydrogens is 214 g/mol. The lowest BCUT2D eigenvalue weighted by atomic mass is 10.0. The molecule has 1 aromatic carbocycles. The number of hydrogen-bond acceptors (Lipinski definition) is 2. The Balaban J connectivity index is 2.39. The maximum Gasteiger partial charge on any atom is 0.0348 e. The highest BCUT2D eigenvalue weighted by Gasteiger charge is 2.06. The molecular formula is C14H17NS. The molecule has 1 aromatic heterocycles. The number of benzene rings is 1. The first kappa shape index (κ1) is 11.4. The number of rotatable bonds is 3. The van der Waals surface area contributed by atoms with E-state index in [1.54, 1.807) is 0 Å². The molecule has 2 rings (SSSR count). The van der Waals surface area contributed by atoms with Crippen molar-refractivity contribution in [2.45, 2.75) is 20.3 Å². The first-order valence-electron chi connectivity index (χ1n) is 5.56. The highest BCUT2D eigenvalue weighted by atomic mass is 32.1. The maximum atomic E-state index is 5.57. The summed E-state index contributed by atoms with van der Waals surface area (Å²) < 4.78 is 0. The molecule has 0 bridgehead atoms. The van der Waals surface area contributed by atoms with Crippen molar-refractivity contribution in [3.8, 4) is 10.4 Å². The van der Waals surface area contributed by atoms with Gasteiger partial charge in [-0.3, -0.25) is 0 Å². The van der Waals surface area contributed by atoms with Gasteiger partial charge in [0.1, 0.15) is 0 Å². The van der Waals surface area contributed by atoms with Gasteiger partial charge in [-0.05, 0) is 60.5 Å². The minimum absolute atomic E-state index is 0.725. The lowest BCUT2D eigenvalue weighted by molar-refractivity contribution is 0.974. The Labute approximate surface area is 101 Å². The van der Waals surface area contributed by atoms with Gasteiger partial charge in [0.05, 0.1) is 0 Å². The third-order valence-electron chi connectivity index (χ3n) is 2.96. The molecule has 0 aliphatic heterocycles. The normalized spacial score (nSPS) is 10.7. The number of aryl methyl sites for hydroxylation is 1. The van der Waals surface area contributed by atoms with Crippen molar-refractivity contribution in [1.82, 2.24) is 0 Å². The second kappa shape index (κ2) is 4.81. The van der Waals surface area contributed by atoms with Gasteiger partial charge in [-0.25, -0.2) is 0 Å². The second-order valence-electron chi connectivity index (χ2n) is 4.11. The van der Waals surface area contributed by atoms with Crippen LogP contribution in [0, 0.1) is 13.8 Å². The van der Waals surface area contributed by atoms with Crippen molar-refractivity contribution in [3.05, 3.63) is 46.3 Å². The summed E-state index contributed by atoms with van der Waals surface area (Å²) in [6.07, 6.45) is 0.974. The van der Waals surface area contributed by atoms with E-state index in [0.717, 1.165) is 13.0 Å². The van der Waals surface area contributed by atoms with Gasteiger partial charge in [0.2, 0.25) is 0 Å². The van der Waals surface area contributed by atoms with Crippen LogP contribution in [0.1, 0.15) is 16.7 Å². The van der Waals surface area contributed by atoms with Crippen molar-refractivity contribution in [2.24, 2.45) is 5.73 Å². The number of thiophene rings is 1. The van der Waals surface area contributed by atoms with Crippen LogP contribution < -0.4 is 5.73 Å². The molecule has 0 aliphatic carbocycles. The van der Waals surface area contributed by atoms with Crippen molar-refractivity contribution in [3.63, 3.8) is 0 Å². The van der Waals surface area contributed by atoms with E-state index in [0.29, 0.717) is 0 Å². The molecule has 0 unspecified atom stereocenters. The summed E-state index contributed by atoms with van der Waals surface area (Å²) in [6.45, 7) is 5.07. The van der Waals surface area contributed by atoms with E-state index in [9.17, 15) is 0 Å². The Morgan fingerprint density at radius 1 is 1.25 bits per heavy atom. The summed E-state index contributed by atoms with van der Waals surface area (Å²) in [7, 11) is 0. The lowest BCUT2D eigenvalue weighted by Gasteiger charge is -2.05. The summed E-state index contributed by atoms with van der Waals surface area (Å²) in [5.74, 6) is 0. The van der Waals surface area contributed by atoms with E-state index in [1.807, 2.05) is 11.3 Å². The van der Waals surface area contributed by atoms with E-state index in [2.05, 4.69) is 43.5 Å². The fourth-order valence-corrected chi connectivity index (χ4v) is 2.86. The molecule has 0 amide bonds. The van der Waals surface area contributed by atoms with E-state index in [4.69, 9.17) is 5.73 Å². The maximum absolute atomic E-state index is 5.57. The van der Waals surface area contributed by atoms with Crippen LogP contribution in [0.4, 0.5) is 0 Å². The molecule has 2 heteroatoms. The Morgan fingerprint density at radius 3 is 2.81 bits per heavy atom. The van der Waals surface area contributed by atoms with Crippen LogP contribution in [-0.4, -0.2) is 6.54 Å². The van der Waals surface area contributed by atoms with Crippen LogP contribution >= 0.6 is 11.3 Å². The van der Waals surface area contributed by atoms with E-state index in [1.165, 1.54) is 27.1 Å². The molecule has 2 N–H and O–H groups in total. The van der Waals surface area contributed by atoms with Gasteiger partial charge in [-0.15, -0.1) is 11.3 Å². The topological polar surface area (TPSA) is 26.0 Å². The van der Waals surface area contributed by atoms with Gasteiger partial charge in [-0.2, -0.15) is 0 Å². The molecule has 0 saturated carbocycles. The Hall–Kier alpha value is -1.12. The van der Waals surface area contributed by atoms with Crippen LogP contribution in [0.3, 0.4) is 0 Å². The highest BCUT2D eigenvalue weighted by Crippen LogP contribution is 2.31. The van der Waals surface area contributed by atoms with Gasteiger partial charge in [0.15, 0.2) is 0 Å². The number of hydrogen-bond donors (Lipinski definition) is 1. The summed E-state index contributed by atoms with van der Waals surface area (Å²) in [6, 6.07) is 8.74. The molecule has 0 aliphatic rings. The van der Waals surface area contributed by atoms with Crippen LogP contribution in [-0.2, 0) is 6.42 Å². The average molecular weight is 231 g/mol. The third-order valence-corrected chi connectivity index (χ3v) is 3.97. The first-order valence-corrected chi connectivity index (χ1v) is 6.44. The SMILES string of the molecule is Cc1cccc(-c2cc(CCN)cs2)c1C. The van der Waals surface area contributed by atoms with E-state index in [-0.39, 0.29) is 0 Å². The molecule has 1 nitrogen and oxygen atoms in total. The molecule has 0 spiro atoms. The fourth-order valence-electron chi connectivity index (χ4n) is 1.83. The molecule has 2 aromatic rings. The third kappa shape index (κ3) is 2.18. The van der Waals surface area contributed by atoms with Crippen LogP contribution in [0.2, 0.25) is 0 Å². The predicted octanol–water partition coefficient (Wildman–Crippen LogP) is 3.53. The zero-order valence-electron chi connectivity index (χ0n) is 9.79. The lowest BCUT2D eigenvalue weighted by Crippen LogP contribution is -2.01. The zero-order valence-corrected chi connectivity index (χ0v) is 10.6. The van der Waals surface area contributed by atoms with Crippen molar-refractivity contribution < 1.29 is 0 Å². The van der Waals surface area contributed by atoms with E-state index >= 15 is 0 Å². The summed E-state index contributed by atoms with van der Waals surface area (Å²) in [5.41, 5.74) is 11.0. The minimum atomic E-state index is 0.725. The Bertz CT molecular complexity index is 485. The Morgan fingerprint density at radius 2 is 2.06 bits per heavy atom. The molecule has 16 heavy (non-hydrogen) atoms. The van der Waals surface area contributed by atoms with Gasteiger partial charge in [0, 0.05) is 4.88 Å². The smallest absolute Gasteiger partial charge is 0.0348 e. The zero-order chi connectivity index (χ0) is 11.5. The van der Waals surface area contributed by atoms with Crippen LogP contribution in [0.15, 0.2) is 29.6 Å². The highest BCUT2D eigenvalue weighted by molar-refractivity contribution is 7.13. The molecule has 0 radical (unpaired) electrons. The van der Waals surface area contributed by atoms with E-state index < -0.39 is 0 Å². The quantitative estimate of drug-likeness (QED) is 0.859. The second-order valence-corrected chi connectivity index (χ2v) is 5.02. The molecule has 0 fully saturated rings. The summed E-state index contributed by atoms with van der Waals surface area (Å²) in [4.78, 5) is 1.35. The van der Waals surface area contributed by atoms with Gasteiger partial charge >= 0.3 is 0 Å². The monoisotopic (exact) mass is 231 g/mol. The largest absolute Gasteiger partial charge is 0.330 e. The summed E-state index contributed by atoms with van der Waals surface area (Å²) in [5, 5.41) is 2.21. The van der Waals surface area contributed by atoms with Gasteiger partial charge in [0.25, 0.3) is 0 Å². The standard InChI is InChI=1S/C14H17NS/c1-10-4-3-5-13(11(10)2)14-8-12(6-7-15)9-16-14/h3-5,8-9H,6-7,15H2,1-2H3. The number of nitrogens with two attached hydrogens (primary N) is 1. The first-order chi connectivity index (χ1) is 7.72. The minimum Gasteiger partial charge on any atom is -0.330 e. The van der Waals surface area contributed by atoms with Gasteiger partial charge < -0.3 is 5.73 Å². The summed E-state index contributed by atoms with van der Waals surface area (Å²) >= 11 is 1.81. The van der Waals surface area contributed by atoms with Crippen LogP contribution in [0.5, 0.6) is 0 Å². The predicted molar refractivity (Wildman–Crippen MR) is 72.0 cm³/mol. The molecule has 0 atom stereocenters. The van der Waals surface area contributed by atoms with Crippen molar-refractivity contribution in [1.29, 1.82) is 0 Å². The Kier molecular flexibility index (Phi) is 3.42. The van der Waals surface area contributed by atoms with Crippen LogP contribution in [0.25, 0.3) is 10.4 Å². The van der Waals surface area contributed by atoms with Crippen molar-refractivity contribution >= 4 is 11.3 Å². The molecule has 1 heterocycles. The average Bonchev–Trinajstić information content (AvgIpc) is 2.71. The molecule has 0 saturated heterocycles. The van der Waals surface area contributed by atoms with Crippen molar-refractivity contribution in [2.75, 3.05) is 6.54 Å².